The number of hydroxylamine groups is 1. The summed E-state index contributed by atoms with van der Waals surface area (Å²) in [5.74, 6) is 1.97. The number of amides is 1. The van der Waals surface area contributed by atoms with Gasteiger partial charge in [-0.2, -0.15) is 0 Å². The first-order valence-corrected chi connectivity index (χ1v) is 4.17. The van der Waals surface area contributed by atoms with E-state index in [0.717, 1.165) is 5.56 Å². The largest absolute Gasteiger partial charge is 0.275 e. The third-order valence-electron chi connectivity index (χ3n) is 1.71. The summed E-state index contributed by atoms with van der Waals surface area (Å²) in [6.07, 6.45) is 4.96. The maximum absolute atomic E-state index is 11.4. The number of rotatable bonds is 3. The standard InChI is InChI=1S/C11H11NO2/c1-3-8-14-12-11(13)10-7-5-4-6-9(10)2/h1,4-7H,8H2,2H3,(H,12,13). The highest BCUT2D eigenvalue weighted by molar-refractivity contribution is 5.94. The van der Waals surface area contributed by atoms with Gasteiger partial charge in [-0.15, -0.1) is 6.42 Å². The van der Waals surface area contributed by atoms with Crippen LogP contribution in [-0.2, 0) is 4.84 Å². The van der Waals surface area contributed by atoms with Gasteiger partial charge in [0.05, 0.1) is 0 Å². The molecule has 1 amide bonds. The minimum absolute atomic E-state index is 0.0671. The first-order chi connectivity index (χ1) is 6.75. The number of benzene rings is 1. The normalized spacial score (nSPS) is 9.14. The van der Waals surface area contributed by atoms with Gasteiger partial charge in [0.15, 0.2) is 0 Å². The zero-order chi connectivity index (χ0) is 10.4. The van der Waals surface area contributed by atoms with E-state index in [9.17, 15) is 4.79 Å². The summed E-state index contributed by atoms with van der Waals surface area (Å²) in [4.78, 5) is 16.2. The second-order valence-electron chi connectivity index (χ2n) is 2.74. The minimum atomic E-state index is -0.279. The predicted octanol–water partition coefficient (Wildman–Crippen LogP) is 1.29. The Labute approximate surface area is 83.0 Å². The van der Waals surface area contributed by atoms with Crippen LogP contribution < -0.4 is 5.48 Å². The van der Waals surface area contributed by atoms with Crippen LogP contribution in [0.15, 0.2) is 24.3 Å². The lowest BCUT2D eigenvalue weighted by Gasteiger charge is -2.05. The molecule has 0 saturated heterocycles. The Hall–Kier alpha value is -1.79. The summed E-state index contributed by atoms with van der Waals surface area (Å²) < 4.78 is 0. The number of carbonyl (C=O) groups excluding carboxylic acids is 1. The quantitative estimate of drug-likeness (QED) is 0.442. The third-order valence-corrected chi connectivity index (χ3v) is 1.71. The van der Waals surface area contributed by atoms with E-state index in [1.807, 2.05) is 19.1 Å². The topological polar surface area (TPSA) is 38.3 Å². The second kappa shape index (κ2) is 5.05. The molecule has 0 spiro atoms. The fraction of sp³-hybridized carbons (Fsp3) is 0.182. The van der Waals surface area contributed by atoms with E-state index in [0.29, 0.717) is 5.56 Å². The Bertz CT molecular complexity index is 366. The Balaban J connectivity index is 2.62. The van der Waals surface area contributed by atoms with E-state index in [1.54, 1.807) is 12.1 Å². The second-order valence-corrected chi connectivity index (χ2v) is 2.74. The van der Waals surface area contributed by atoms with Gasteiger partial charge in [-0.3, -0.25) is 9.63 Å². The Morgan fingerprint density at radius 2 is 2.29 bits per heavy atom. The van der Waals surface area contributed by atoms with Crippen molar-refractivity contribution < 1.29 is 9.63 Å². The van der Waals surface area contributed by atoms with E-state index in [4.69, 9.17) is 11.3 Å². The Morgan fingerprint density at radius 3 is 2.93 bits per heavy atom. The molecule has 0 aliphatic heterocycles. The molecule has 72 valence electrons. The molecule has 1 aromatic rings. The number of aryl methyl sites for hydroxylation is 1. The molecule has 14 heavy (non-hydrogen) atoms. The van der Waals surface area contributed by atoms with Crippen molar-refractivity contribution in [2.45, 2.75) is 6.92 Å². The molecule has 1 aromatic carbocycles. The van der Waals surface area contributed by atoms with Crippen LogP contribution in [0.3, 0.4) is 0 Å². The molecule has 0 atom stereocenters. The van der Waals surface area contributed by atoms with Crippen LogP contribution in [0.2, 0.25) is 0 Å². The Kier molecular flexibility index (Phi) is 3.71. The van der Waals surface area contributed by atoms with Crippen LogP contribution in [-0.4, -0.2) is 12.5 Å². The van der Waals surface area contributed by atoms with Crippen molar-refractivity contribution in [2.24, 2.45) is 0 Å². The molecule has 0 aliphatic carbocycles. The number of nitrogens with one attached hydrogen (secondary N) is 1. The van der Waals surface area contributed by atoms with E-state index < -0.39 is 0 Å². The summed E-state index contributed by atoms with van der Waals surface area (Å²) in [6, 6.07) is 7.25. The summed E-state index contributed by atoms with van der Waals surface area (Å²) in [6.45, 7) is 1.92. The van der Waals surface area contributed by atoms with Crippen molar-refractivity contribution >= 4 is 5.91 Å². The molecule has 0 heterocycles. The van der Waals surface area contributed by atoms with Gasteiger partial charge in [0.1, 0.15) is 6.61 Å². The van der Waals surface area contributed by atoms with E-state index in [2.05, 4.69) is 11.4 Å². The number of terminal acetylenes is 1. The lowest BCUT2D eigenvalue weighted by atomic mass is 10.1. The highest BCUT2D eigenvalue weighted by atomic mass is 16.6. The molecule has 1 N–H and O–H groups in total. The van der Waals surface area contributed by atoms with Crippen molar-refractivity contribution in [1.82, 2.24) is 5.48 Å². The van der Waals surface area contributed by atoms with E-state index >= 15 is 0 Å². The molecular formula is C11H11NO2. The zero-order valence-corrected chi connectivity index (χ0v) is 7.91. The summed E-state index contributed by atoms with van der Waals surface area (Å²) in [5, 5.41) is 0. The van der Waals surface area contributed by atoms with Crippen molar-refractivity contribution in [3.63, 3.8) is 0 Å². The maximum Gasteiger partial charge on any atom is 0.275 e. The lowest BCUT2D eigenvalue weighted by Crippen LogP contribution is -2.24. The highest BCUT2D eigenvalue weighted by Gasteiger charge is 2.06. The van der Waals surface area contributed by atoms with Crippen molar-refractivity contribution in [1.29, 1.82) is 0 Å². The minimum Gasteiger partial charge on any atom is -0.267 e. The summed E-state index contributed by atoms with van der Waals surface area (Å²) >= 11 is 0. The smallest absolute Gasteiger partial charge is 0.267 e. The van der Waals surface area contributed by atoms with Crippen LogP contribution >= 0.6 is 0 Å². The van der Waals surface area contributed by atoms with Crippen LogP contribution in [0.25, 0.3) is 0 Å². The molecule has 1 rings (SSSR count). The summed E-state index contributed by atoms with van der Waals surface area (Å²) in [7, 11) is 0. The third kappa shape index (κ3) is 2.61. The van der Waals surface area contributed by atoms with Crippen LogP contribution in [0, 0.1) is 19.3 Å². The van der Waals surface area contributed by atoms with Crippen molar-refractivity contribution in [2.75, 3.05) is 6.61 Å². The van der Waals surface area contributed by atoms with Gasteiger partial charge in [-0.1, -0.05) is 24.1 Å². The molecule has 0 unspecified atom stereocenters. The van der Waals surface area contributed by atoms with Crippen LogP contribution in [0.1, 0.15) is 15.9 Å². The van der Waals surface area contributed by atoms with Crippen LogP contribution in [0.4, 0.5) is 0 Å². The monoisotopic (exact) mass is 189 g/mol. The lowest BCUT2D eigenvalue weighted by molar-refractivity contribution is 0.0437. The molecular weight excluding hydrogens is 178 g/mol. The van der Waals surface area contributed by atoms with Gasteiger partial charge in [0.25, 0.3) is 5.91 Å². The number of hydrogen-bond donors (Lipinski definition) is 1. The van der Waals surface area contributed by atoms with Gasteiger partial charge < -0.3 is 0 Å². The molecule has 0 saturated carbocycles. The fourth-order valence-electron chi connectivity index (χ4n) is 1.03. The zero-order valence-electron chi connectivity index (χ0n) is 7.91. The first kappa shape index (κ1) is 10.3. The number of carbonyl (C=O) groups is 1. The predicted molar refractivity (Wildman–Crippen MR) is 53.4 cm³/mol. The van der Waals surface area contributed by atoms with Gasteiger partial charge in [-0.25, -0.2) is 5.48 Å². The average Bonchev–Trinajstić information content (AvgIpc) is 2.18. The van der Waals surface area contributed by atoms with E-state index in [1.165, 1.54) is 0 Å². The highest BCUT2D eigenvalue weighted by Crippen LogP contribution is 2.05. The molecule has 0 aliphatic rings. The molecule has 0 radical (unpaired) electrons. The fourth-order valence-corrected chi connectivity index (χ4v) is 1.03. The summed E-state index contributed by atoms with van der Waals surface area (Å²) in [5.41, 5.74) is 3.74. The molecule has 3 nitrogen and oxygen atoms in total. The van der Waals surface area contributed by atoms with Gasteiger partial charge in [0, 0.05) is 5.56 Å². The maximum atomic E-state index is 11.4. The molecule has 0 aromatic heterocycles. The van der Waals surface area contributed by atoms with Crippen molar-refractivity contribution in [3.8, 4) is 12.3 Å². The van der Waals surface area contributed by atoms with Gasteiger partial charge in [-0.05, 0) is 18.6 Å². The Morgan fingerprint density at radius 1 is 1.57 bits per heavy atom. The van der Waals surface area contributed by atoms with Crippen LogP contribution in [0.5, 0.6) is 0 Å². The SMILES string of the molecule is C#CCONC(=O)c1ccccc1C. The first-order valence-electron chi connectivity index (χ1n) is 4.17. The van der Waals surface area contributed by atoms with Gasteiger partial charge >= 0.3 is 0 Å². The van der Waals surface area contributed by atoms with Crippen molar-refractivity contribution in [3.05, 3.63) is 35.4 Å². The molecule has 0 fully saturated rings. The molecule has 3 heteroatoms. The molecule has 0 bridgehead atoms. The average molecular weight is 189 g/mol. The van der Waals surface area contributed by atoms with E-state index in [-0.39, 0.29) is 12.5 Å². The number of hydrogen-bond acceptors (Lipinski definition) is 2. The van der Waals surface area contributed by atoms with Gasteiger partial charge in [0.2, 0.25) is 0 Å².